The Morgan fingerprint density at radius 1 is 1.28 bits per heavy atom. The highest BCUT2D eigenvalue weighted by molar-refractivity contribution is 5.88. The molecule has 0 saturated carbocycles. The Labute approximate surface area is 102 Å². The van der Waals surface area contributed by atoms with E-state index in [2.05, 4.69) is 15.0 Å². The number of imidazole rings is 1. The van der Waals surface area contributed by atoms with Crippen LogP contribution in [0, 0.1) is 6.92 Å². The van der Waals surface area contributed by atoms with Gasteiger partial charge in [0.2, 0.25) is 0 Å². The van der Waals surface area contributed by atoms with Gasteiger partial charge in [0.15, 0.2) is 11.5 Å². The molecule has 5 heteroatoms. The number of carbonyl (C=O) groups is 1. The first-order chi connectivity index (χ1) is 8.65. The van der Waals surface area contributed by atoms with Crippen molar-refractivity contribution >= 4 is 16.9 Å². The van der Waals surface area contributed by atoms with Crippen molar-refractivity contribution < 1.29 is 9.90 Å². The quantitative estimate of drug-likeness (QED) is 0.644. The number of rotatable bonds is 2. The molecule has 0 aliphatic rings. The van der Waals surface area contributed by atoms with Gasteiger partial charge in [0.25, 0.3) is 0 Å². The number of para-hydroxylation sites is 1. The van der Waals surface area contributed by atoms with Crippen molar-refractivity contribution in [2.24, 2.45) is 0 Å². The summed E-state index contributed by atoms with van der Waals surface area (Å²) in [5, 5.41) is 10.0. The lowest BCUT2D eigenvalue weighted by Gasteiger charge is -1.89. The van der Waals surface area contributed by atoms with Crippen LogP contribution in [0.5, 0.6) is 0 Å². The number of hydrogen-bond donors (Lipinski definition) is 3. The van der Waals surface area contributed by atoms with E-state index in [9.17, 15) is 4.79 Å². The zero-order valence-electron chi connectivity index (χ0n) is 9.69. The van der Waals surface area contributed by atoms with Gasteiger partial charge in [-0.2, -0.15) is 0 Å². The van der Waals surface area contributed by atoms with Crippen molar-refractivity contribution in [3.05, 3.63) is 41.7 Å². The van der Waals surface area contributed by atoms with Gasteiger partial charge in [0.05, 0.1) is 5.69 Å². The van der Waals surface area contributed by atoms with E-state index in [1.807, 2.05) is 30.3 Å². The number of H-pyrrole nitrogens is 2. The Balaban J connectivity index is 2.14. The highest BCUT2D eigenvalue weighted by atomic mass is 16.4. The second-order valence-corrected chi connectivity index (χ2v) is 4.13. The van der Waals surface area contributed by atoms with Crippen LogP contribution in [0.15, 0.2) is 30.3 Å². The minimum atomic E-state index is -1.02. The Bertz CT molecular complexity index is 707. The summed E-state index contributed by atoms with van der Waals surface area (Å²) >= 11 is 0. The summed E-state index contributed by atoms with van der Waals surface area (Å²) in [5.41, 5.74) is 2.39. The van der Waals surface area contributed by atoms with E-state index in [1.165, 1.54) is 0 Å². The average molecular weight is 241 g/mol. The molecule has 2 heterocycles. The Hall–Kier alpha value is -2.56. The van der Waals surface area contributed by atoms with Crippen LogP contribution in [-0.4, -0.2) is 26.0 Å². The highest BCUT2D eigenvalue weighted by Crippen LogP contribution is 2.22. The van der Waals surface area contributed by atoms with Gasteiger partial charge in [0, 0.05) is 16.6 Å². The number of benzene rings is 1. The number of aromatic carboxylic acids is 1. The number of fused-ring (bicyclic) bond motifs is 1. The number of aryl methyl sites for hydroxylation is 1. The van der Waals surface area contributed by atoms with E-state index in [1.54, 1.807) is 6.92 Å². The van der Waals surface area contributed by atoms with E-state index >= 15 is 0 Å². The molecule has 18 heavy (non-hydrogen) atoms. The summed E-state index contributed by atoms with van der Waals surface area (Å²) < 4.78 is 0. The molecule has 0 aliphatic heterocycles. The number of nitrogens with one attached hydrogen (secondary N) is 2. The summed E-state index contributed by atoms with van der Waals surface area (Å²) in [5.74, 6) is -0.479. The van der Waals surface area contributed by atoms with Crippen LogP contribution in [-0.2, 0) is 0 Å². The van der Waals surface area contributed by atoms with Crippen LogP contribution in [0.1, 0.15) is 16.2 Å². The molecular weight excluding hydrogens is 230 g/mol. The fourth-order valence-corrected chi connectivity index (χ4v) is 2.00. The summed E-state index contributed by atoms with van der Waals surface area (Å²) in [6, 6.07) is 9.80. The normalized spacial score (nSPS) is 10.9. The predicted molar refractivity (Wildman–Crippen MR) is 67.6 cm³/mol. The first-order valence-corrected chi connectivity index (χ1v) is 5.53. The van der Waals surface area contributed by atoms with Crippen LogP contribution in [0.2, 0.25) is 0 Å². The van der Waals surface area contributed by atoms with Gasteiger partial charge in [-0.3, -0.25) is 0 Å². The molecule has 90 valence electrons. The summed E-state index contributed by atoms with van der Waals surface area (Å²) in [4.78, 5) is 21.2. The number of nitrogens with zero attached hydrogens (tertiary/aromatic N) is 1. The maximum absolute atomic E-state index is 10.9. The third-order valence-corrected chi connectivity index (χ3v) is 2.87. The molecule has 0 aliphatic carbocycles. The van der Waals surface area contributed by atoms with E-state index in [4.69, 9.17) is 5.11 Å². The van der Waals surface area contributed by atoms with E-state index in [-0.39, 0.29) is 5.69 Å². The molecule has 0 amide bonds. The van der Waals surface area contributed by atoms with Crippen molar-refractivity contribution in [1.29, 1.82) is 0 Å². The van der Waals surface area contributed by atoms with Gasteiger partial charge in [-0.15, -0.1) is 0 Å². The summed E-state index contributed by atoms with van der Waals surface area (Å²) in [6.07, 6.45) is 0. The minimum absolute atomic E-state index is 0.0589. The van der Waals surface area contributed by atoms with Crippen LogP contribution >= 0.6 is 0 Å². The van der Waals surface area contributed by atoms with E-state index in [0.29, 0.717) is 11.5 Å². The first-order valence-electron chi connectivity index (χ1n) is 5.53. The molecular formula is C13H11N3O2. The molecule has 0 spiro atoms. The van der Waals surface area contributed by atoms with Crippen LogP contribution in [0.3, 0.4) is 0 Å². The van der Waals surface area contributed by atoms with Gasteiger partial charge in [0.1, 0.15) is 0 Å². The SMILES string of the molecule is Cc1[nH]c(-c2cc3ccccc3[nH]2)nc1C(=O)O. The molecule has 3 aromatic rings. The average Bonchev–Trinajstić information content (AvgIpc) is 2.91. The second kappa shape index (κ2) is 3.73. The third kappa shape index (κ3) is 1.57. The van der Waals surface area contributed by atoms with Crippen molar-refractivity contribution in [2.45, 2.75) is 6.92 Å². The number of carboxylic acids is 1. The van der Waals surface area contributed by atoms with Gasteiger partial charge in [-0.25, -0.2) is 9.78 Å². The summed E-state index contributed by atoms with van der Waals surface area (Å²) in [7, 11) is 0. The lowest BCUT2D eigenvalue weighted by atomic mass is 10.2. The van der Waals surface area contributed by atoms with Crippen molar-refractivity contribution in [3.63, 3.8) is 0 Å². The van der Waals surface area contributed by atoms with Crippen molar-refractivity contribution in [2.75, 3.05) is 0 Å². The molecule has 0 bridgehead atoms. The largest absolute Gasteiger partial charge is 0.476 e. The van der Waals surface area contributed by atoms with Gasteiger partial charge in [-0.05, 0) is 19.1 Å². The number of carboxylic acid groups (broad SMARTS) is 1. The summed E-state index contributed by atoms with van der Waals surface area (Å²) in [6.45, 7) is 1.70. The number of aromatic amines is 2. The maximum Gasteiger partial charge on any atom is 0.356 e. The van der Waals surface area contributed by atoms with Crippen LogP contribution < -0.4 is 0 Å². The lowest BCUT2D eigenvalue weighted by Crippen LogP contribution is -1.98. The van der Waals surface area contributed by atoms with Gasteiger partial charge in [-0.1, -0.05) is 18.2 Å². The van der Waals surface area contributed by atoms with Crippen molar-refractivity contribution in [1.82, 2.24) is 15.0 Å². The van der Waals surface area contributed by atoms with Gasteiger partial charge < -0.3 is 15.1 Å². The molecule has 0 unspecified atom stereocenters. The van der Waals surface area contributed by atoms with Gasteiger partial charge >= 0.3 is 5.97 Å². The third-order valence-electron chi connectivity index (χ3n) is 2.87. The Morgan fingerprint density at radius 2 is 2.06 bits per heavy atom. The van der Waals surface area contributed by atoms with Crippen LogP contribution in [0.4, 0.5) is 0 Å². The molecule has 1 aromatic carbocycles. The fourth-order valence-electron chi connectivity index (χ4n) is 2.00. The molecule has 0 atom stereocenters. The molecule has 0 fully saturated rings. The minimum Gasteiger partial charge on any atom is -0.476 e. The molecule has 3 N–H and O–H groups in total. The van der Waals surface area contributed by atoms with E-state index in [0.717, 1.165) is 16.6 Å². The molecule has 2 aromatic heterocycles. The smallest absolute Gasteiger partial charge is 0.356 e. The number of hydrogen-bond acceptors (Lipinski definition) is 2. The molecule has 0 radical (unpaired) electrons. The fraction of sp³-hybridized carbons (Fsp3) is 0.0769. The first kappa shape index (κ1) is 10.6. The van der Waals surface area contributed by atoms with E-state index < -0.39 is 5.97 Å². The molecule has 0 saturated heterocycles. The number of aromatic nitrogens is 3. The van der Waals surface area contributed by atoms with Crippen LogP contribution in [0.25, 0.3) is 22.4 Å². The Morgan fingerprint density at radius 3 is 2.72 bits per heavy atom. The monoisotopic (exact) mass is 241 g/mol. The predicted octanol–water partition coefficient (Wildman–Crippen LogP) is 2.56. The highest BCUT2D eigenvalue weighted by Gasteiger charge is 2.15. The molecule has 5 nitrogen and oxygen atoms in total. The topological polar surface area (TPSA) is 81.8 Å². The van der Waals surface area contributed by atoms with Crippen molar-refractivity contribution in [3.8, 4) is 11.5 Å². The Kier molecular flexibility index (Phi) is 2.19. The second-order valence-electron chi connectivity index (χ2n) is 4.13. The zero-order valence-corrected chi connectivity index (χ0v) is 9.69. The molecule has 3 rings (SSSR count). The lowest BCUT2D eigenvalue weighted by molar-refractivity contribution is 0.0690. The maximum atomic E-state index is 10.9. The standard InChI is InChI=1S/C13H11N3O2/c1-7-11(13(17)18)16-12(14-7)10-6-8-4-2-3-5-9(8)15-10/h2-6,15H,1H3,(H,14,16)(H,17,18). The zero-order chi connectivity index (χ0) is 12.7.